The Hall–Kier alpha value is -3.57. The zero-order valence-corrected chi connectivity index (χ0v) is 26.2. The second-order valence-corrected chi connectivity index (χ2v) is 13.4. The van der Waals surface area contributed by atoms with E-state index in [1.165, 1.54) is 18.2 Å². The molecule has 7 rings (SSSR count). The Bertz CT molecular complexity index is 1690. The maximum Gasteiger partial charge on any atom is 0.319 e. The molecule has 238 valence electrons. The van der Waals surface area contributed by atoms with Crippen molar-refractivity contribution in [2.45, 2.75) is 75.2 Å². The van der Waals surface area contributed by atoms with Gasteiger partial charge in [-0.2, -0.15) is 9.97 Å². The number of likely N-dealkylation sites (tertiary alicyclic amines) is 1. The number of ether oxygens (including phenoxy) is 1. The lowest BCUT2D eigenvalue weighted by molar-refractivity contribution is -0.126. The number of carbonyl (C=O) groups excluding carboxylic acids is 1. The molecule has 1 saturated carbocycles. The van der Waals surface area contributed by atoms with Gasteiger partial charge in [0.25, 0.3) is 0 Å². The second-order valence-electron chi connectivity index (χ2n) is 13.0. The van der Waals surface area contributed by atoms with Crippen LogP contribution < -0.4 is 9.64 Å². The fourth-order valence-corrected chi connectivity index (χ4v) is 8.17. The molecule has 3 aromatic rings. The minimum atomic E-state index is -0.918. The number of phenols is 1. The van der Waals surface area contributed by atoms with Gasteiger partial charge in [0.1, 0.15) is 35.6 Å². The lowest BCUT2D eigenvalue weighted by Gasteiger charge is -2.32. The van der Waals surface area contributed by atoms with Gasteiger partial charge in [-0.05, 0) is 75.3 Å². The van der Waals surface area contributed by atoms with E-state index in [1.807, 2.05) is 18.9 Å². The van der Waals surface area contributed by atoms with Gasteiger partial charge in [0.2, 0.25) is 5.91 Å². The van der Waals surface area contributed by atoms with E-state index in [-0.39, 0.29) is 53.5 Å². The molecule has 4 fully saturated rings. The van der Waals surface area contributed by atoms with E-state index >= 15 is 4.39 Å². The van der Waals surface area contributed by atoms with Crippen LogP contribution in [0.3, 0.4) is 0 Å². The van der Waals surface area contributed by atoms with Crippen molar-refractivity contribution in [3.63, 3.8) is 0 Å². The van der Waals surface area contributed by atoms with Gasteiger partial charge in [-0.3, -0.25) is 14.7 Å². The van der Waals surface area contributed by atoms with Gasteiger partial charge in [-0.15, -0.1) is 0 Å². The van der Waals surface area contributed by atoms with Crippen molar-refractivity contribution >= 4 is 34.2 Å². The van der Waals surface area contributed by atoms with Crippen molar-refractivity contribution in [3.05, 3.63) is 47.4 Å². The molecule has 0 bridgehead atoms. The summed E-state index contributed by atoms with van der Waals surface area (Å²) in [5.74, 6) is -0.312. The summed E-state index contributed by atoms with van der Waals surface area (Å²) in [7, 11) is 1.86. The summed E-state index contributed by atoms with van der Waals surface area (Å²) in [6, 6.07) is 2.67. The van der Waals surface area contributed by atoms with Crippen LogP contribution in [-0.2, 0) is 4.79 Å². The molecule has 5 heterocycles. The molecule has 1 aliphatic carbocycles. The monoisotopic (exact) mass is 638 g/mol. The molecule has 4 atom stereocenters. The number of amides is 1. The average Bonchev–Trinajstić information content (AvgIpc) is 3.54. The van der Waals surface area contributed by atoms with E-state index in [1.54, 1.807) is 11.1 Å². The van der Waals surface area contributed by atoms with Gasteiger partial charge in [-0.1, -0.05) is 18.2 Å². The van der Waals surface area contributed by atoms with Crippen molar-refractivity contribution in [1.82, 2.24) is 24.8 Å². The van der Waals surface area contributed by atoms with Crippen LogP contribution in [0.15, 0.2) is 31.0 Å². The molecule has 1 aromatic carbocycles. The lowest BCUT2D eigenvalue weighted by Crippen LogP contribution is -2.44. The van der Waals surface area contributed by atoms with Crippen LogP contribution in [0, 0.1) is 5.82 Å². The van der Waals surface area contributed by atoms with E-state index in [2.05, 4.69) is 21.4 Å². The number of rotatable bonds is 8. The molecule has 1 N–H and O–H groups in total. The fraction of sp³-hybridized carbons (Fsp3) is 0.515. The molecule has 45 heavy (non-hydrogen) atoms. The van der Waals surface area contributed by atoms with Crippen LogP contribution >= 0.6 is 11.6 Å². The van der Waals surface area contributed by atoms with E-state index in [9.17, 15) is 14.3 Å². The van der Waals surface area contributed by atoms with Crippen molar-refractivity contribution in [1.29, 1.82) is 0 Å². The van der Waals surface area contributed by atoms with Gasteiger partial charge >= 0.3 is 6.01 Å². The average molecular weight is 639 g/mol. The molecule has 12 heteroatoms. The van der Waals surface area contributed by atoms with Gasteiger partial charge in [0.05, 0.1) is 17.0 Å². The molecule has 3 aliphatic heterocycles. The van der Waals surface area contributed by atoms with Gasteiger partial charge in [-0.25, -0.2) is 8.78 Å². The van der Waals surface area contributed by atoms with Crippen molar-refractivity contribution in [2.75, 3.05) is 38.2 Å². The highest BCUT2D eigenvalue weighted by atomic mass is 35.5. The number of hydrogen-bond acceptors (Lipinski definition) is 8. The standard InChI is InChI=1S/C33H37ClF2N6O3/c1-4-26(44)42-11-8-25(18(42)2)40(3)31-23-15-37-29(22-12-21(43)13-24(34)27(22)19-6-7-19)28(36)30(23)38-32(39-31)45-17-33-9-5-10-41(33)16-20(35)14-33/h4,12-13,15,18-20,25,43H,1,5-11,14,16-17H2,2-3H3/t18-,20-,25-,33+/m1/s1. The Kier molecular flexibility index (Phi) is 7.59. The van der Waals surface area contributed by atoms with E-state index < -0.39 is 17.5 Å². The molecule has 2 aromatic heterocycles. The number of likely N-dealkylation sites (N-methyl/N-ethyl adjacent to an activating group) is 1. The van der Waals surface area contributed by atoms with E-state index in [0.717, 1.165) is 37.8 Å². The SMILES string of the molecule is C=CC(=O)N1CC[C@@H](N(C)c2nc(OC[C@@]34CCCN3C[C@H](F)C4)nc3c(F)c(-c4cc(O)cc(Cl)c4C4CC4)ncc23)[C@H]1C. The summed E-state index contributed by atoms with van der Waals surface area (Å²) in [5.41, 5.74) is 0.815. The van der Waals surface area contributed by atoms with Crippen LogP contribution in [0.1, 0.15) is 56.9 Å². The Morgan fingerprint density at radius 2 is 2.09 bits per heavy atom. The number of aromatic nitrogens is 3. The molecule has 0 unspecified atom stereocenters. The number of phenolic OH excluding ortho intramolecular Hbond substituents is 1. The quantitative estimate of drug-likeness (QED) is 0.317. The topological polar surface area (TPSA) is 94.9 Å². The molecular formula is C33H37ClF2N6O3. The second kappa shape index (κ2) is 11.3. The number of hydrogen-bond donors (Lipinski definition) is 1. The number of carbonyl (C=O) groups is 1. The number of benzene rings is 1. The van der Waals surface area contributed by atoms with E-state index in [0.29, 0.717) is 47.7 Å². The first kappa shape index (κ1) is 30.1. The highest BCUT2D eigenvalue weighted by molar-refractivity contribution is 6.32. The number of alkyl halides is 1. The number of fused-ring (bicyclic) bond motifs is 2. The van der Waals surface area contributed by atoms with E-state index in [4.69, 9.17) is 21.3 Å². The number of anilines is 1. The van der Waals surface area contributed by atoms with Gasteiger partial charge in [0, 0.05) is 49.4 Å². The summed E-state index contributed by atoms with van der Waals surface area (Å²) in [6.07, 6.45) is 6.61. The summed E-state index contributed by atoms with van der Waals surface area (Å²) in [4.78, 5) is 32.2. The third kappa shape index (κ3) is 5.17. The molecule has 9 nitrogen and oxygen atoms in total. The molecule has 1 amide bonds. The molecule has 4 aliphatic rings. The van der Waals surface area contributed by atoms with Gasteiger partial charge in [0.15, 0.2) is 5.82 Å². The highest BCUT2D eigenvalue weighted by Gasteiger charge is 2.49. The third-order valence-electron chi connectivity index (χ3n) is 10.2. The van der Waals surface area contributed by atoms with Crippen LogP contribution in [0.5, 0.6) is 11.8 Å². The predicted octanol–water partition coefficient (Wildman–Crippen LogP) is 5.63. The lowest BCUT2D eigenvalue weighted by atomic mass is 9.95. The predicted molar refractivity (Wildman–Crippen MR) is 168 cm³/mol. The van der Waals surface area contributed by atoms with Crippen molar-refractivity contribution in [3.8, 4) is 23.0 Å². The first-order valence-electron chi connectivity index (χ1n) is 15.7. The molecular weight excluding hydrogens is 602 g/mol. The Morgan fingerprint density at radius 1 is 1.29 bits per heavy atom. The summed E-state index contributed by atoms with van der Waals surface area (Å²) in [5, 5.41) is 11.1. The number of aromatic hydroxyl groups is 1. The zero-order valence-electron chi connectivity index (χ0n) is 25.5. The summed E-state index contributed by atoms with van der Waals surface area (Å²) in [6.45, 7) is 7.54. The zero-order chi connectivity index (χ0) is 31.6. The minimum absolute atomic E-state index is 0.00929. The highest BCUT2D eigenvalue weighted by Crippen LogP contribution is 2.49. The maximum atomic E-state index is 16.7. The van der Waals surface area contributed by atoms with Crippen LogP contribution in [0.2, 0.25) is 5.02 Å². The van der Waals surface area contributed by atoms with Crippen LogP contribution in [0.4, 0.5) is 14.6 Å². The number of nitrogens with zero attached hydrogens (tertiary/aromatic N) is 6. The van der Waals surface area contributed by atoms with Gasteiger partial charge < -0.3 is 19.6 Å². The Balaban J connectivity index is 1.32. The number of halogens is 3. The normalized spacial score (nSPS) is 26.4. The fourth-order valence-electron chi connectivity index (χ4n) is 7.80. The first-order valence-corrected chi connectivity index (χ1v) is 16.0. The Morgan fingerprint density at radius 3 is 2.84 bits per heavy atom. The van der Waals surface area contributed by atoms with Crippen LogP contribution in [-0.4, -0.2) is 92.8 Å². The largest absolute Gasteiger partial charge is 0.508 e. The molecule has 3 saturated heterocycles. The molecule has 0 spiro atoms. The minimum Gasteiger partial charge on any atom is -0.508 e. The van der Waals surface area contributed by atoms with Crippen molar-refractivity contribution < 1.29 is 23.4 Å². The summed E-state index contributed by atoms with van der Waals surface area (Å²) < 4.78 is 37.4. The molecule has 0 radical (unpaired) electrons. The smallest absolute Gasteiger partial charge is 0.319 e. The maximum absolute atomic E-state index is 16.7. The van der Waals surface area contributed by atoms with Crippen molar-refractivity contribution in [2.24, 2.45) is 0 Å². The Labute approximate surface area is 265 Å². The first-order chi connectivity index (χ1) is 21.6. The van der Waals surface area contributed by atoms with Crippen LogP contribution in [0.25, 0.3) is 22.2 Å². The number of pyridine rings is 1. The summed E-state index contributed by atoms with van der Waals surface area (Å²) >= 11 is 6.54. The third-order valence-corrected chi connectivity index (χ3v) is 10.5.